The second-order valence-electron chi connectivity index (χ2n) is 6.44. The van der Waals surface area contributed by atoms with Gasteiger partial charge in [0.25, 0.3) is 5.91 Å². The molecule has 1 N–H and O–H groups in total. The molecule has 0 unspecified atom stereocenters. The van der Waals surface area contributed by atoms with E-state index in [-0.39, 0.29) is 12.5 Å². The van der Waals surface area contributed by atoms with Crippen LogP contribution in [0.2, 0.25) is 0 Å². The molecule has 2 aromatic rings. The molecule has 0 bridgehead atoms. The van der Waals surface area contributed by atoms with Crippen LogP contribution < -0.4 is 10.1 Å². The lowest BCUT2D eigenvalue weighted by atomic mass is 10.1. The number of benzene rings is 2. The standard InChI is InChI=1S/C21H25NO2/c23-21(22-19-10-6-1-2-7-11-19)16-24-20-14-12-18(13-15-20)17-8-4-3-5-9-17/h3-5,8-9,12-15,19H,1-2,6-7,10-11,16H2,(H,22,23). The fraction of sp³-hybridized carbons (Fsp3) is 0.381. The Hall–Kier alpha value is -2.29. The van der Waals surface area contributed by atoms with E-state index in [0.717, 1.165) is 24.2 Å². The quantitative estimate of drug-likeness (QED) is 0.819. The Balaban J connectivity index is 1.48. The highest BCUT2D eigenvalue weighted by Gasteiger charge is 2.14. The van der Waals surface area contributed by atoms with Gasteiger partial charge in [-0.25, -0.2) is 0 Å². The molecule has 1 saturated carbocycles. The Bertz CT molecular complexity index is 629. The zero-order chi connectivity index (χ0) is 16.6. The molecule has 0 heterocycles. The van der Waals surface area contributed by atoms with Gasteiger partial charge in [0, 0.05) is 6.04 Å². The third kappa shape index (κ3) is 4.85. The zero-order valence-corrected chi connectivity index (χ0v) is 14.0. The van der Waals surface area contributed by atoms with Crippen molar-refractivity contribution in [3.05, 3.63) is 54.6 Å². The lowest BCUT2D eigenvalue weighted by molar-refractivity contribution is -0.123. The summed E-state index contributed by atoms with van der Waals surface area (Å²) in [4.78, 5) is 12.0. The van der Waals surface area contributed by atoms with Crippen molar-refractivity contribution in [2.75, 3.05) is 6.61 Å². The number of carbonyl (C=O) groups excluding carboxylic acids is 1. The minimum absolute atomic E-state index is 0.0194. The van der Waals surface area contributed by atoms with Crippen molar-refractivity contribution in [3.63, 3.8) is 0 Å². The van der Waals surface area contributed by atoms with Crippen LogP contribution in [0.15, 0.2) is 54.6 Å². The van der Waals surface area contributed by atoms with Crippen LogP contribution in [-0.2, 0) is 4.79 Å². The SMILES string of the molecule is O=C(COc1ccc(-c2ccccc2)cc1)NC1CCCCCC1. The van der Waals surface area contributed by atoms with Crippen LogP contribution in [0, 0.1) is 0 Å². The number of nitrogens with one attached hydrogen (secondary N) is 1. The summed E-state index contributed by atoms with van der Waals surface area (Å²) in [7, 11) is 0. The average Bonchev–Trinajstić information content (AvgIpc) is 2.90. The predicted molar refractivity (Wildman–Crippen MR) is 97.0 cm³/mol. The lowest BCUT2D eigenvalue weighted by Crippen LogP contribution is -2.37. The van der Waals surface area contributed by atoms with Crippen LogP contribution in [0.4, 0.5) is 0 Å². The summed E-state index contributed by atoms with van der Waals surface area (Å²) in [5.74, 6) is 0.708. The maximum absolute atomic E-state index is 12.0. The molecule has 0 atom stereocenters. The molecule has 0 spiro atoms. The largest absolute Gasteiger partial charge is 0.484 e. The summed E-state index contributed by atoms with van der Waals surface area (Å²) in [6.45, 7) is 0.0845. The van der Waals surface area contributed by atoms with E-state index < -0.39 is 0 Å². The van der Waals surface area contributed by atoms with Crippen molar-refractivity contribution >= 4 is 5.91 Å². The first kappa shape index (κ1) is 16.6. The average molecular weight is 323 g/mol. The van der Waals surface area contributed by atoms with Crippen molar-refractivity contribution in [2.24, 2.45) is 0 Å². The molecule has 1 amide bonds. The van der Waals surface area contributed by atoms with E-state index in [0.29, 0.717) is 6.04 Å². The van der Waals surface area contributed by atoms with Gasteiger partial charge in [0.2, 0.25) is 0 Å². The minimum Gasteiger partial charge on any atom is -0.484 e. The number of hydrogen-bond acceptors (Lipinski definition) is 2. The highest BCUT2D eigenvalue weighted by Crippen LogP contribution is 2.22. The van der Waals surface area contributed by atoms with E-state index in [1.54, 1.807) is 0 Å². The second-order valence-corrected chi connectivity index (χ2v) is 6.44. The van der Waals surface area contributed by atoms with E-state index in [1.807, 2.05) is 42.5 Å². The summed E-state index contributed by atoms with van der Waals surface area (Å²) >= 11 is 0. The van der Waals surface area contributed by atoms with Gasteiger partial charge in [-0.2, -0.15) is 0 Å². The van der Waals surface area contributed by atoms with Crippen molar-refractivity contribution in [2.45, 2.75) is 44.6 Å². The molecule has 1 fully saturated rings. The number of rotatable bonds is 5. The van der Waals surface area contributed by atoms with Crippen LogP contribution in [0.1, 0.15) is 38.5 Å². The minimum atomic E-state index is -0.0194. The first-order valence-electron chi connectivity index (χ1n) is 8.89. The van der Waals surface area contributed by atoms with E-state index >= 15 is 0 Å². The molecule has 1 aliphatic rings. The van der Waals surface area contributed by atoms with E-state index in [1.165, 1.54) is 31.2 Å². The van der Waals surface area contributed by atoms with Crippen LogP contribution >= 0.6 is 0 Å². The van der Waals surface area contributed by atoms with Crippen LogP contribution in [0.5, 0.6) is 5.75 Å². The highest BCUT2D eigenvalue weighted by atomic mass is 16.5. The van der Waals surface area contributed by atoms with Gasteiger partial charge in [-0.3, -0.25) is 4.79 Å². The molecule has 3 nitrogen and oxygen atoms in total. The summed E-state index contributed by atoms with van der Waals surface area (Å²) in [5.41, 5.74) is 2.32. The third-order valence-corrected chi connectivity index (χ3v) is 4.55. The van der Waals surface area contributed by atoms with Gasteiger partial charge in [-0.15, -0.1) is 0 Å². The Labute approximate surface area is 144 Å². The summed E-state index contributed by atoms with van der Waals surface area (Å²) in [6, 6.07) is 18.4. The molecule has 0 radical (unpaired) electrons. The molecular weight excluding hydrogens is 298 g/mol. The molecular formula is C21H25NO2. The van der Waals surface area contributed by atoms with E-state index in [4.69, 9.17) is 4.74 Å². The molecule has 2 aromatic carbocycles. The Morgan fingerprint density at radius 1 is 0.875 bits per heavy atom. The topological polar surface area (TPSA) is 38.3 Å². The number of amides is 1. The number of hydrogen-bond donors (Lipinski definition) is 1. The Morgan fingerprint density at radius 3 is 2.17 bits per heavy atom. The lowest BCUT2D eigenvalue weighted by Gasteiger charge is -2.16. The van der Waals surface area contributed by atoms with Gasteiger partial charge in [0.1, 0.15) is 5.75 Å². The van der Waals surface area contributed by atoms with Gasteiger partial charge in [-0.1, -0.05) is 68.1 Å². The van der Waals surface area contributed by atoms with Gasteiger partial charge in [0.15, 0.2) is 6.61 Å². The summed E-state index contributed by atoms with van der Waals surface area (Å²) < 4.78 is 5.62. The monoisotopic (exact) mass is 323 g/mol. The van der Waals surface area contributed by atoms with Crippen LogP contribution in [0.25, 0.3) is 11.1 Å². The van der Waals surface area contributed by atoms with E-state index in [9.17, 15) is 4.79 Å². The van der Waals surface area contributed by atoms with Gasteiger partial charge >= 0.3 is 0 Å². The fourth-order valence-corrected chi connectivity index (χ4v) is 3.22. The van der Waals surface area contributed by atoms with Crippen LogP contribution in [0.3, 0.4) is 0 Å². The number of carbonyl (C=O) groups is 1. The molecule has 3 heteroatoms. The summed E-state index contributed by atoms with van der Waals surface area (Å²) in [6.07, 6.45) is 7.20. The molecule has 3 rings (SSSR count). The first-order valence-corrected chi connectivity index (χ1v) is 8.89. The maximum atomic E-state index is 12.0. The predicted octanol–water partition coefficient (Wildman–Crippen LogP) is 4.57. The summed E-state index contributed by atoms with van der Waals surface area (Å²) in [5, 5.41) is 3.10. The second kappa shape index (κ2) is 8.53. The Morgan fingerprint density at radius 2 is 1.50 bits per heavy atom. The molecule has 0 aliphatic heterocycles. The first-order chi connectivity index (χ1) is 11.8. The Kier molecular flexibility index (Phi) is 5.89. The fourth-order valence-electron chi connectivity index (χ4n) is 3.22. The normalized spacial score (nSPS) is 15.5. The van der Waals surface area contributed by atoms with Crippen molar-refractivity contribution in [3.8, 4) is 16.9 Å². The zero-order valence-electron chi connectivity index (χ0n) is 14.0. The number of ether oxygens (including phenoxy) is 1. The van der Waals surface area contributed by atoms with Gasteiger partial charge in [0.05, 0.1) is 0 Å². The molecule has 24 heavy (non-hydrogen) atoms. The molecule has 126 valence electrons. The smallest absolute Gasteiger partial charge is 0.258 e. The van der Waals surface area contributed by atoms with Gasteiger partial charge in [-0.05, 0) is 36.1 Å². The van der Waals surface area contributed by atoms with Crippen molar-refractivity contribution in [1.29, 1.82) is 0 Å². The van der Waals surface area contributed by atoms with Crippen LogP contribution in [-0.4, -0.2) is 18.6 Å². The van der Waals surface area contributed by atoms with Crippen molar-refractivity contribution in [1.82, 2.24) is 5.32 Å². The molecule has 0 aromatic heterocycles. The molecule has 0 saturated heterocycles. The molecule has 1 aliphatic carbocycles. The van der Waals surface area contributed by atoms with Gasteiger partial charge < -0.3 is 10.1 Å². The van der Waals surface area contributed by atoms with E-state index in [2.05, 4.69) is 17.4 Å². The third-order valence-electron chi connectivity index (χ3n) is 4.55. The maximum Gasteiger partial charge on any atom is 0.258 e. The van der Waals surface area contributed by atoms with Crippen molar-refractivity contribution < 1.29 is 9.53 Å². The highest BCUT2D eigenvalue weighted by molar-refractivity contribution is 5.77.